The third kappa shape index (κ3) is 3.06. The van der Waals surface area contributed by atoms with Gasteiger partial charge in [-0.3, -0.25) is 0 Å². The molecule has 0 unspecified atom stereocenters. The molecule has 0 atom stereocenters. The SMILES string of the molecule is O=C(O)C#CC1CCNCC1. The summed E-state index contributed by atoms with van der Waals surface area (Å²) in [5.41, 5.74) is 0. The predicted octanol–water partition coefficient (Wildman–Crippen LogP) is 0.0740. The van der Waals surface area contributed by atoms with Crippen molar-refractivity contribution in [1.82, 2.24) is 5.32 Å². The number of rotatable bonds is 0. The van der Waals surface area contributed by atoms with E-state index in [1.165, 1.54) is 0 Å². The molecule has 3 heteroatoms. The zero-order chi connectivity index (χ0) is 8.10. The molecule has 0 aliphatic carbocycles. The second-order valence-corrected chi connectivity index (χ2v) is 2.60. The summed E-state index contributed by atoms with van der Waals surface area (Å²) < 4.78 is 0. The molecule has 0 aromatic carbocycles. The van der Waals surface area contributed by atoms with Gasteiger partial charge in [-0.05, 0) is 25.9 Å². The quantitative estimate of drug-likeness (QED) is 0.484. The summed E-state index contributed by atoms with van der Waals surface area (Å²) >= 11 is 0. The van der Waals surface area contributed by atoms with Gasteiger partial charge in [-0.25, -0.2) is 4.79 Å². The van der Waals surface area contributed by atoms with Crippen molar-refractivity contribution < 1.29 is 9.90 Å². The lowest BCUT2D eigenvalue weighted by atomic mass is 9.99. The van der Waals surface area contributed by atoms with Crippen LogP contribution in [-0.2, 0) is 4.79 Å². The Hall–Kier alpha value is -1.01. The molecule has 0 spiro atoms. The molecule has 60 valence electrons. The minimum absolute atomic E-state index is 0.285. The standard InChI is InChI=1S/C8H11NO2/c10-8(11)2-1-7-3-5-9-6-4-7/h7,9H,3-6H2,(H,10,11). The average molecular weight is 153 g/mol. The first-order valence-corrected chi connectivity index (χ1v) is 3.74. The molecule has 1 fully saturated rings. The van der Waals surface area contributed by atoms with E-state index in [0.717, 1.165) is 25.9 Å². The van der Waals surface area contributed by atoms with Crippen LogP contribution in [0.2, 0.25) is 0 Å². The number of aliphatic carboxylic acids is 1. The molecule has 3 nitrogen and oxygen atoms in total. The van der Waals surface area contributed by atoms with Crippen LogP contribution < -0.4 is 5.32 Å². The largest absolute Gasteiger partial charge is 0.472 e. The fourth-order valence-corrected chi connectivity index (χ4v) is 1.13. The average Bonchev–Trinajstić information content (AvgIpc) is 2.03. The Bertz CT molecular complexity index is 196. The van der Waals surface area contributed by atoms with Crippen LogP contribution in [0.15, 0.2) is 0 Å². The lowest BCUT2D eigenvalue weighted by Gasteiger charge is -2.16. The fraction of sp³-hybridized carbons (Fsp3) is 0.625. The highest BCUT2D eigenvalue weighted by Gasteiger charge is 2.09. The van der Waals surface area contributed by atoms with Crippen molar-refractivity contribution in [3.63, 3.8) is 0 Å². The third-order valence-electron chi connectivity index (χ3n) is 1.72. The van der Waals surface area contributed by atoms with E-state index in [1.54, 1.807) is 0 Å². The first-order valence-electron chi connectivity index (χ1n) is 3.74. The van der Waals surface area contributed by atoms with Crippen LogP contribution in [0.4, 0.5) is 0 Å². The molecule has 0 radical (unpaired) electrons. The van der Waals surface area contributed by atoms with E-state index in [4.69, 9.17) is 5.11 Å². The Morgan fingerprint density at radius 2 is 2.09 bits per heavy atom. The summed E-state index contributed by atoms with van der Waals surface area (Å²) in [6.07, 6.45) is 1.94. The van der Waals surface area contributed by atoms with Gasteiger partial charge in [0.05, 0.1) is 0 Å². The second kappa shape index (κ2) is 3.99. The van der Waals surface area contributed by atoms with Crippen molar-refractivity contribution >= 4 is 5.97 Å². The van der Waals surface area contributed by atoms with Gasteiger partial charge < -0.3 is 10.4 Å². The first-order chi connectivity index (χ1) is 5.29. The Kier molecular flexibility index (Phi) is 2.94. The molecular formula is C8H11NO2. The van der Waals surface area contributed by atoms with E-state index in [0.29, 0.717) is 0 Å². The van der Waals surface area contributed by atoms with Crippen LogP contribution >= 0.6 is 0 Å². The Morgan fingerprint density at radius 1 is 1.45 bits per heavy atom. The molecule has 0 aromatic heterocycles. The van der Waals surface area contributed by atoms with E-state index in [-0.39, 0.29) is 5.92 Å². The van der Waals surface area contributed by atoms with Gasteiger partial charge in [0, 0.05) is 11.8 Å². The van der Waals surface area contributed by atoms with Crippen LogP contribution in [0.25, 0.3) is 0 Å². The van der Waals surface area contributed by atoms with Crippen molar-refractivity contribution in [3.05, 3.63) is 0 Å². The van der Waals surface area contributed by atoms with E-state index < -0.39 is 5.97 Å². The zero-order valence-corrected chi connectivity index (χ0v) is 6.26. The number of carboxylic acids is 1. The van der Waals surface area contributed by atoms with Gasteiger partial charge in [-0.15, -0.1) is 0 Å². The van der Waals surface area contributed by atoms with E-state index in [9.17, 15) is 4.79 Å². The Balaban J connectivity index is 2.36. The molecule has 1 heterocycles. The second-order valence-electron chi connectivity index (χ2n) is 2.60. The molecule has 0 bridgehead atoms. The van der Waals surface area contributed by atoms with Gasteiger partial charge in [0.15, 0.2) is 0 Å². The van der Waals surface area contributed by atoms with Gasteiger partial charge in [0.2, 0.25) is 0 Å². The highest BCUT2D eigenvalue weighted by Crippen LogP contribution is 2.08. The summed E-state index contributed by atoms with van der Waals surface area (Å²) in [5, 5.41) is 11.4. The predicted molar refractivity (Wildman–Crippen MR) is 41.0 cm³/mol. The lowest BCUT2D eigenvalue weighted by molar-refractivity contribution is -0.130. The van der Waals surface area contributed by atoms with Gasteiger partial charge >= 0.3 is 5.97 Å². The summed E-state index contributed by atoms with van der Waals surface area (Å²) in [5.74, 6) is 4.15. The molecular weight excluding hydrogens is 142 g/mol. The fourth-order valence-electron chi connectivity index (χ4n) is 1.13. The summed E-state index contributed by atoms with van der Waals surface area (Å²) in [6.45, 7) is 1.91. The van der Waals surface area contributed by atoms with Crippen LogP contribution in [0, 0.1) is 17.8 Å². The lowest BCUT2D eigenvalue weighted by Crippen LogP contribution is -2.27. The number of hydrogen-bond acceptors (Lipinski definition) is 2. The monoisotopic (exact) mass is 153 g/mol. The maximum Gasteiger partial charge on any atom is 0.381 e. The molecule has 1 rings (SSSR count). The van der Waals surface area contributed by atoms with Crippen molar-refractivity contribution in [2.24, 2.45) is 5.92 Å². The molecule has 11 heavy (non-hydrogen) atoms. The van der Waals surface area contributed by atoms with Gasteiger partial charge in [-0.1, -0.05) is 5.92 Å². The van der Waals surface area contributed by atoms with Crippen LogP contribution in [-0.4, -0.2) is 24.2 Å². The highest BCUT2D eigenvalue weighted by atomic mass is 16.4. The molecule has 1 aliphatic heterocycles. The number of piperidine rings is 1. The van der Waals surface area contributed by atoms with Gasteiger partial charge in [-0.2, -0.15) is 0 Å². The molecule has 1 saturated heterocycles. The van der Waals surface area contributed by atoms with Crippen molar-refractivity contribution in [2.45, 2.75) is 12.8 Å². The minimum atomic E-state index is -1.02. The minimum Gasteiger partial charge on any atom is -0.472 e. The topological polar surface area (TPSA) is 49.3 Å². The summed E-state index contributed by atoms with van der Waals surface area (Å²) in [4.78, 5) is 10.1. The van der Waals surface area contributed by atoms with Crippen LogP contribution in [0.3, 0.4) is 0 Å². The molecule has 0 amide bonds. The van der Waals surface area contributed by atoms with Crippen LogP contribution in [0.1, 0.15) is 12.8 Å². The highest BCUT2D eigenvalue weighted by molar-refractivity contribution is 5.86. The zero-order valence-electron chi connectivity index (χ0n) is 6.26. The van der Waals surface area contributed by atoms with Crippen molar-refractivity contribution in [1.29, 1.82) is 0 Å². The molecule has 1 aliphatic rings. The van der Waals surface area contributed by atoms with Crippen molar-refractivity contribution in [3.8, 4) is 11.8 Å². The summed E-state index contributed by atoms with van der Waals surface area (Å²) in [6, 6.07) is 0. The number of hydrogen-bond donors (Lipinski definition) is 2. The number of nitrogens with one attached hydrogen (secondary N) is 1. The maximum absolute atomic E-state index is 10.1. The molecule has 2 N–H and O–H groups in total. The number of carbonyl (C=O) groups is 1. The van der Waals surface area contributed by atoms with E-state index in [2.05, 4.69) is 17.2 Å². The van der Waals surface area contributed by atoms with Gasteiger partial charge in [0.1, 0.15) is 0 Å². The number of carboxylic acid groups (broad SMARTS) is 1. The van der Waals surface area contributed by atoms with Gasteiger partial charge in [0.25, 0.3) is 0 Å². The molecule has 0 aromatic rings. The van der Waals surface area contributed by atoms with Crippen LogP contribution in [0.5, 0.6) is 0 Å². The molecule has 0 saturated carbocycles. The first kappa shape index (κ1) is 8.09. The third-order valence-corrected chi connectivity index (χ3v) is 1.72. The summed E-state index contributed by atoms with van der Waals surface area (Å²) in [7, 11) is 0. The Morgan fingerprint density at radius 3 is 2.64 bits per heavy atom. The Labute approximate surface area is 65.8 Å². The van der Waals surface area contributed by atoms with E-state index in [1.807, 2.05) is 0 Å². The van der Waals surface area contributed by atoms with Crippen molar-refractivity contribution in [2.75, 3.05) is 13.1 Å². The smallest absolute Gasteiger partial charge is 0.381 e. The maximum atomic E-state index is 10.1. The van der Waals surface area contributed by atoms with E-state index >= 15 is 0 Å². The normalized spacial score (nSPS) is 18.5.